The van der Waals surface area contributed by atoms with E-state index in [2.05, 4.69) is 27.8 Å². The lowest BCUT2D eigenvalue weighted by Gasteiger charge is -2.29. The van der Waals surface area contributed by atoms with Crippen LogP contribution in [0.4, 0.5) is 10.1 Å². The van der Waals surface area contributed by atoms with E-state index in [0.29, 0.717) is 25.8 Å². The highest BCUT2D eigenvalue weighted by Gasteiger charge is 2.37. The van der Waals surface area contributed by atoms with Gasteiger partial charge in [0.2, 0.25) is 10.0 Å². The maximum atomic E-state index is 13.1. The number of hydrogen-bond donors (Lipinski definition) is 1. The highest BCUT2D eigenvalue weighted by Crippen LogP contribution is 2.44. The van der Waals surface area contributed by atoms with Crippen LogP contribution in [0, 0.1) is 17.1 Å². The third-order valence-corrected chi connectivity index (χ3v) is 6.87. The van der Waals surface area contributed by atoms with Gasteiger partial charge < -0.3 is 4.90 Å². The van der Waals surface area contributed by atoms with E-state index in [4.69, 9.17) is 5.26 Å². The van der Waals surface area contributed by atoms with Gasteiger partial charge in [-0.1, -0.05) is 12.1 Å². The summed E-state index contributed by atoms with van der Waals surface area (Å²) in [5, 5.41) is 8.88. The summed E-state index contributed by atoms with van der Waals surface area (Å²) in [7, 11) is -3.69. The van der Waals surface area contributed by atoms with Crippen LogP contribution in [-0.4, -0.2) is 27.5 Å². The Morgan fingerprint density at radius 3 is 2.74 bits per heavy atom. The Morgan fingerprint density at radius 2 is 2.00 bits per heavy atom. The van der Waals surface area contributed by atoms with Gasteiger partial charge >= 0.3 is 0 Å². The predicted octanol–water partition coefficient (Wildman–Crippen LogP) is 2.94. The Hall–Kier alpha value is -2.43. The summed E-state index contributed by atoms with van der Waals surface area (Å²) in [5.74, 6) is -0.207. The topological polar surface area (TPSA) is 73.2 Å². The van der Waals surface area contributed by atoms with Gasteiger partial charge in [-0.15, -0.1) is 0 Å². The molecule has 0 bridgehead atoms. The molecular weight excluding hydrogens is 365 g/mol. The number of nitrogens with zero attached hydrogens (tertiary/aromatic N) is 2. The molecule has 0 aromatic heterocycles. The van der Waals surface area contributed by atoms with Crippen molar-refractivity contribution in [2.24, 2.45) is 0 Å². The zero-order valence-electron chi connectivity index (χ0n) is 14.7. The van der Waals surface area contributed by atoms with E-state index in [1.807, 2.05) is 6.07 Å². The largest absolute Gasteiger partial charge is 0.370 e. The molecule has 1 heterocycles. The second-order valence-electron chi connectivity index (χ2n) is 7.11. The van der Waals surface area contributed by atoms with Crippen molar-refractivity contribution in [2.45, 2.75) is 36.1 Å². The van der Waals surface area contributed by atoms with Gasteiger partial charge in [0.05, 0.1) is 17.4 Å². The molecule has 1 N–H and O–H groups in total. The first-order chi connectivity index (χ1) is 13.0. The van der Waals surface area contributed by atoms with E-state index < -0.39 is 15.8 Å². The van der Waals surface area contributed by atoms with Gasteiger partial charge in [-0.05, 0) is 54.3 Å². The molecule has 140 valence electrons. The van der Waals surface area contributed by atoms with Gasteiger partial charge in [-0.3, -0.25) is 0 Å². The number of sulfonamides is 1. The van der Waals surface area contributed by atoms with Crippen LogP contribution < -0.4 is 9.62 Å². The summed E-state index contributed by atoms with van der Waals surface area (Å²) in [4.78, 5) is 2.30. The van der Waals surface area contributed by atoms with Crippen LogP contribution in [-0.2, 0) is 16.4 Å². The second-order valence-corrected chi connectivity index (χ2v) is 8.83. The van der Waals surface area contributed by atoms with Crippen molar-refractivity contribution in [1.29, 1.82) is 5.26 Å². The summed E-state index contributed by atoms with van der Waals surface area (Å²) in [6, 6.07) is 13.0. The van der Waals surface area contributed by atoms with Crippen molar-refractivity contribution in [3.05, 3.63) is 59.4 Å². The lowest BCUT2D eigenvalue weighted by molar-refractivity contribution is 0.465. The molecule has 1 aliphatic carbocycles. The summed E-state index contributed by atoms with van der Waals surface area (Å²) in [6.45, 7) is 1.50. The van der Waals surface area contributed by atoms with Crippen LogP contribution in [0.5, 0.6) is 0 Å². The van der Waals surface area contributed by atoms with Gasteiger partial charge in [-0.2, -0.15) is 5.26 Å². The molecule has 0 saturated heterocycles. The van der Waals surface area contributed by atoms with Gasteiger partial charge in [0.1, 0.15) is 5.82 Å². The Labute approximate surface area is 158 Å². The fraction of sp³-hybridized carbons (Fsp3) is 0.350. The number of hydrogen-bond acceptors (Lipinski definition) is 4. The smallest absolute Gasteiger partial charge is 0.240 e. The Kier molecular flexibility index (Phi) is 4.62. The summed E-state index contributed by atoms with van der Waals surface area (Å²) in [5.41, 5.74) is 3.63. The van der Waals surface area contributed by atoms with Crippen LogP contribution in [0.2, 0.25) is 0 Å². The molecule has 2 aromatic carbocycles. The predicted molar refractivity (Wildman–Crippen MR) is 100 cm³/mol. The molecule has 2 aromatic rings. The molecule has 1 aliphatic heterocycles. The molecule has 0 amide bonds. The quantitative estimate of drug-likeness (QED) is 0.859. The summed E-state index contributed by atoms with van der Waals surface area (Å²) < 4.78 is 41.2. The number of nitrogens with one attached hydrogen (secondary N) is 1. The van der Waals surface area contributed by atoms with E-state index in [1.165, 1.54) is 23.4 Å². The lowest BCUT2D eigenvalue weighted by atomic mass is 9.82. The zero-order chi connectivity index (χ0) is 19.0. The SMILES string of the molecule is N#CCCN1CC2CC(NS(=O)(=O)c3ccc(F)cc3)Cc3cccc1c32. The maximum absolute atomic E-state index is 13.1. The van der Waals surface area contributed by atoms with Gasteiger partial charge in [0, 0.05) is 30.7 Å². The minimum Gasteiger partial charge on any atom is -0.370 e. The van der Waals surface area contributed by atoms with Gasteiger partial charge in [0.25, 0.3) is 0 Å². The molecule has 0 saturated carbocycles. The van der Waals surface area contributed by atoms with Crippen molar-refractivity contribution in [1.82, 2.24) is 4.72 Å². The van der Waals surface area contributed by atoms with Crippen molar-refractivity contribution in [3.63, 3.8) is 0 Å². The fourth-order valence-electron chi connectivity index (χ4n) is 4.25. The summed E-state index contributed by atoms with van der Waals surface area (Å²) in [6.07, 6.45) is 1.82. The first-order valence-corrected chi connectivity index (χ1v) is 10.5. The lowest BCUT2D eigenvalue weighted by Crippen LogP contribution is -2.40. The van der Waals surface area contributed by atoms with E-state index >= 15 is 0 Å². The molecule has 27 heavy (non-hydrogen) atoms. The zero-order valence-corrected chi connectivity index (χ0v) is 15.5. The third-order valence-electron chi connectivity index (χ3n) is 5.34. The number of benzene rings is 2. The molecule has 2 atom stereocenters. The number of nitriles is 1. The van der Waals surface area contributed by atoms with Gasteiger partial charge in [0.15, 0.2) is 0 Å². The molecule has 5 nitrogen and oxygen atoms in total. The monoisotopic (exact) mass is 385 g/mol. The van der Waals surface area contributed by atoms with E-state index in [-0.39, 0.29) is 16.9 Å². The number of anilines is 1. The molecular formula is C20H20FN3O2S. The van der Waals surface area contributed by atoms with Crippen LogP contribution in [0.15, 0.2) is 47.4 Å². The van der Waals surface area contributed by atoms with Crippen LogP contribution in [0.1, 0.15) is 29.9 Å². The summed E-state index contributed by atoms with van der Waals surface area (Å²) >= 11 is 0. The van der Waals surface area contributed by atoms with Crippen LogP contribution in [0.3, 0.4) is 0 Å². The van der Waals surface area contributed by atoms with Gasteiger partial charge in [-0.25, -0.2) is 17.5 Å². The highest BCUT2D eigenvalue weighted by atomic mass is 32.2. The Morgan fingerprint density at radius 1 is 1.22 bits per heavy atom. The molecule has 2 aliphatic rings. The normalized spacial score (nSPS) is 21.0. The van der Waals surface area contributed by atoms with Crippen LogP contribution >= 0.6 is 0 Å². The van der Waals surface area contributed by atoms with Crippen molar-refractivity contribution in [2.75, 3.05) is 18.0 Å². The standard InChI is InChI=1S/C20H20FN3O2S/c21-16-5-7-18(8-6-16)27(25,26)23-17-11-14-3-1-4-19-20(14)15(12-17)13-24(19)10-2-9-22/h1,3-8,15,17,23H,2,10-13H2. The minimum atomic E-state index is -3.69. The van der Waals surface area contributed by atoms with E-state index in [9.17, 15) is 12.8 Å². The van der Waals surface area contributed by atoms with Crippen LogP contribution in [0.25, 0.3) is 0 Å². The third kappa shape index (κ3) is 3.43. The number of halogens is 1. The second kappa shape index (κ2) is 6.95. The first kappa shape index (κ1) is 18.0. The van der Waals surface area contributed by atoms with E-state index in [0.717, 1.165) is 24.2 Å². The Balaban J connectivity index is 1.55. The average Bonchev–Trinajstić information content (AvgIpc) is 2.99. The fourth-order valence-corrected chi connectivity index (χ4v) is 5.50. The maximum Gasteiger partial charge on any atom is 0.240 e. The first-order valence-electron chi connectivity index (χ1n) is 8.99. The molecule has 0 spiro atoms. The molecule has 7 heteroatoms. The van der Waals surface area contributed by atoms with Crippen molar-refractivity contribution >= 4 is 15.7 Å². The molecule has 0 fully saturated rings. The molecule has 0 radical (unpaired) electrons. The van der Waals surface area contributed by atoms with Crippen molar-refractivity contribution in [3.8, 4) is 6.07 Å². The highest BCUT2D eigenvalue weighted by molar-refractivity contribution is 7.89. The molecule has 4 rings (SSSR count). The number of rotatable bonds is 5. The Bertz CT molecular complexity index is 999. The minimum absolute atomic E-state index is 0.0746. The average molecular weight is 385 g/mol. The van der Waals surface area contributed by atoms with E-state index in [1.54, 1.807) is 0 Å². The van der Waals surface area contributed by atoms with Crippen molar-refractivity contribution < 1.29 is 12.8 Å². The molecule has 2 unspecified atom stereocenters.